The van der Waals surface area contributed by atoms with E-state index < -0.39 is 5.97 Å². The molecule has 0 unspecified atom stereocenters. The highest BCUT2D eigenvalue weighted by Crippen LogP contribution is 2.14. The molecule has 0 spiro atoms. The first kappa shape index (κ1) is 18.4. The highest BCUT2D eigenvalue weighted by molar-refractivity contribution is 6.02. The number of rotatable bonds is 6. The minimum absolute atomic E-state index is 0.336. The molecular formula is C21H20N2O4. The zero-order chi connectivity index (χ0) is 19.1. The molecule has 0 aliphatic carbocycles. The minimum atomic E-state index is -0.578. The van der Waals surface area contributed by atoms with Crippen molar-refractivity contribution in [3.05, 3.63) is 71.8 Å². The van der Waals surface area contributed by atoms with Gasteiger partial charge >= 0.3 is 5.97 Å². The largest absolute Gasteiger partial charge is 0.497 e. The van der Waals surface area contributed by atoms with Gasteiger partial charge in [-0.05, 0) is 29.3 Å². The molecule has 0 fully saturated rings. The van der Waals surface area contributed by atoms with Crippen LogP contribution < -0.4 is 4.74 Å². The van der Waals surface area contributed by atoms with E-state index in [9.17, 15) is 9.59 Å². The Morgan fingerprint density at radius 3 is 2.56 bits per heavy atom. The second-order valence-corrected chi connectivity index (χ2v) is 5.89. The van der Waals surface area contributed by atoms with Crippen LogP contribution in [0.25, 0.3) is 6.08 Å². The third-order valence-corrected chi connectivity index (χ3v) is 4.06. The first-order valence-corrected chi connectivity index (χ1v) is 8.58. The van der Waals surface area contributed by atoms with Crippen molar-refractivity contribution in [3.8, 4) is 5.75 Å². The van der Waals surface area contributed by atoms with Gasteiger partial charge in [-0.3, -0.25) is 4.79 Å². The summed E-state index contributed by atoms with van der Waals surface area (Å²) in [4.78, 5) is 24.0. The van der Waals surface area contributed by atoms with Gasteiger partial charge in [0.1, 0.15) is 5.75 Å². The fourth-order valence-electron chi connectivity index (χ4n) is 2.61. The van der Waals surface area contributed by atoms with E-state index in [4.69, 9.17) is 9.47 Å². The molecule has 0 saturated carbocycles. The molecule has 6 heteroatoms. The normalized spacial score (nSPS) is 13.5. The van der Waals surface area contributed by atoms with Gasteiger partial charge in [0.05, 0.1) is 19.4 Å². The quantitative estimate of drug-likeness (QED) is 0.584. The molecule has 2 aromatic carbocycles. The summed E-state index contributed by atoms with van der Waals surface area (Å²) in [5.74, 6) is -0.181. The van der Waals surface area contributed by atoms with Crippen molar-refractivity contribution in [2.24, 2.45) is 5.10 Å². The van der Waals surface area contributed by atoms with Gasteiger partial charge in [0, 0.05) is 12.5 Å². The molecule has 1 aliphatic rings. The summed E-state index contributed by atoms with van der Waals surface area (Å²) in [6, 6.07) is 16.9. The fourth-order valence-corrected chi connectivity index (χ4v) is 2.61. The first-order chi connectivity index (χ1) is 13.2. The van der Waals surface area contributed by atoms with Crippen LogP contribution in [0.1, 0.15) is 17.5 Å². The van der Waals surface area contributed by atoms with E-state index in [0.29, 0.717) is 13.0 Å². The third kappa shape index (κ3) is 5.04. The van der Waals surface area contributed by atoms with E-state index in [1.54, 1.807) is 25.3 Å². The van der Waals surface area contributed by atoms with Crippen molar-refractivity contribution in [2.75, 3.05) is 20.3 Å². The van der Waals surface area contributed by atoms with Crippen molar-refractivity contribution in [1.82, 2.24) is 5.01 Å². The Morgan fingerprint density at radius 2 is 1.85 bits per heavy atom. The van der Waals surface area contributed by atoms with Crippen LogP contribution in [0.5, 0.6) is 5.75 Å². The minimum Gasteiger partial charge on any atom is -0.497 e. The predicted octanol–water partition coefficient (Wildman–Crippen LogP) is 2.89. The van der Waals surface area contributed by atoms with Crippen LogP contribution in [0.4, 0.5) is 0 Å². The molecule has 0 N–H and O–H groups in total. The predicted molar refractivity (Wildman–Crippen MR) is 102 cm³/mol. The van der Waals surface area contributed by atoms with Gasteiger partial charge in [-0.2, -0.15) is 5.10 Å². The molecule has 1 heterocycles. The van der Waals surface area contributed by atoms with Crippen molar-refractivity contribution in [3.63, 3.8) is 0 Å². The van der Waals surface area contributed by atoms with Crippen LogP contribution >= 0.6 is 0 Å². The summed E-state index contributed by atoms with van der Waals surface area (Å²) >= 11 is 0. The standard InChI is InChI=1S/C21H20N2O4/c1-26-18-10-7-16(8-11-18)9-12-21(25)27-15-20(24)23-14-13-19(22-23)17-5-3-2-4-6-17/h2-12H,13-15H2,1H3/b12-9+. The Balaban J connectivity index is 1.49. The van der Waals surface area contributed by atoms with Crippen molar-refractivity contribution >= 4 is 23.7 Å². The molecule has 0 bridgehead atoms. The summed E-state index contributed by atoms with van der Waals surface area (Å²) in [7, 11) is 1.59. The van der Waals surface area contributed by atoms with Gasteiger partial charge in [-0.1, -0.05) is 42.5 Å². The van der Waals surface area contributed by atoms with E-state index in [-0.39, 0.29) is 12.5 Å². The number of esters is 1. The van der Waals surface area contributed by atoms with E-state index in [0.717, 1.165) is 22.6 Å². The number of carbonyl (C=O) groups is 2. The highest BCUT2D eigenvalue weighted by atomic mass is 16.5. The summed E-state index contributed by atoms with van der Waals surface area (Å²) in [5.41, 5.74) is 2.68. The number of nitrogens with zero attached hydrogens (tertiary/aromatic N) is 2. The Morgan fingerprint density at radius 1 is 1.11 bits per heavy atom. The lowest BCUT2D eigenvalue weighted by Gasteiger charge is -2.10. The van der Waals surface area contributed by atoms with Crippen molar-refractivity contribution in [2.45, 2.75) is 6.42 Å². The number of hydrogen-bond acceptors (Lipinski definition) is 5. The summed E-state index contributed by atoms with van der Waals surface area (Å²) in [6.07, 6.45) is 3.59. The number of ether oxygens (including phenoxy) is 2. The monoisotopic (exact) mass is 364 g/mol. The van der Waals surface area contributed by atoms with E-state index in [1.807, 2.05) is 42.5 Å². The Hall–Kier alpha value is -3.41. The number of hydrogen-bond donors (Lipinski definition) is 0. The van der Waals surface area contributed by atoms with Crippen LogP contribution in [0.3, 0.4) is 0 Å². The number of methoxy groups -OCH3 is 1. The van der Waals surface area contributed by atoms with Crippen LogP contribution in [-0.4, -0.2) is 42.9 Å². The molecule has 0 saturated heterocycles. The van der Waals surface area contributed by atoms with Gasteiger partial charge in [0.15, 0.2) is 6.61 Å². The van der Waals surface area contributed by atoms with Gasteiger partial charge in [-0.15, -0.1) is 0 Å². The summed E-state index contributed by atoms with van der Waals surface area (Å²) in [5, 5.41) is 5.68. The maximum atomic E-state index is 12.2. The number of amides is 1. The smallest absolute Gasteiger partial charge is 0.331 e. The van der Waals surface area contributed by atoms with E-state index in [1.165, 1.54) is 11.1 Å². The van der Waals surface area contributed by atoms with Gasteiger partial charge in [0.2, 0.25) is 0 Å². The van der Waals surface area contributed by atoms with Crippen LogP contribution in [0.2, 0.25) is 0 Å². The van der Waals surface area contributed by atoms with Crippen molar-refractivity contribution in [1.29, 1.82) is 0 Å². The van der Waals surface area contributed by atoms with Crippen LogP contribution in [0, 0.1) is 0 Å². The Bertz CT molecular complexity index is 858. The maximum absolute atomic E-state index is 12.2. The summed E-state index contributed by atoms with van der Waals surface area (Å²) < 4.78 is 10.1. The fraction of sp³-hybridized carbons (Fsp3) is 0.190. The van der Waals surface area contributed by atoms with Crippen LogP contribution in [0.15, 0.2) is 65.8 Å². The molecule has 1 aliphatic heterocycles. The molecular weight excluding hydrogens is 344 g/mol. The van der Waals surface area contributed by atoms with E-state index >= 15 is 0 Å². The van der Waals surface area contributed by atoms with Crippen molar-refractivity contribution < 1.29 is 19.1 Å². The molecule has 27 heavy (non-hydrogen) atoms. The molecule has 6 nitrogen and oxygen atoms in total. The lowest BCUT2D eigenvalue weighted by atomic mass is 10.1. The zero-order valence-electron chi connectivity index (χ0n) is 15.0. The molecule has 2 aromatic rings. The Labute approximate surface area is 157 Å². The first-order valence-electron chi connectivity index (χ1n) is 8.58. The topological polar surface area (TPSA) is 68.2 Å². The molecule has 138 valence electrons. The molecule has 0 radical (unpaired) electrons. The van der Waals surface area contributed by atoms with Gasteiger partial charge in [0.25, 0.3) is 5.91 Å². The van der Waals surface area contributed by atoms with E-state index in [2.05, 4.69) is 5.10 Å². The average Bonchev–Trinajstić information content (AvgIpc) is 3.22. The SMILES string of the molecule is COc1ccc(/C=C/C(=O)OCC(=O)N2CCC(c3ccccc3)=N2)cc1. The highest BCUT2D eigenvalue weighted by Gasteiger charge is 2.22. The number of carbonyl (C=O) groups excluding carboxylic acids is 2. The number of benzene rings is 2. The summed E-state index contributed by atoms with van der Waals surface area (Å²) in [6.45, 7) is 0.152. The molecule has 0 aromatic heterocycles. The maximum Gasteiger partial charge on any atom is 0.331 e. The molecule has 0 atom stereocenters. The lowest BCUT2D eigenvalue weighted by molar-refractivity contribution is -0.147. The molecule has 3 rings (SSSR count). The van der Waals surface area contributed by atoms with Gasteiger partial charge < -0.3 is 9.47 Å². The average molecular weight is 364 g/mol. The molecule has 1 amide bonds. The zero-order valence-corrected chi connectivity index (χ0v) is 15.0. The lowest BCUT2D eigenvalue weighted by Crippen LogP contribution is -2.28. The second kappa shape index (κ2) is 8.80. The van der Waals surface area contributed by atoms with Gasteiger partial charge in [-0.25, -0.2) is 9.80 Å². The Kier molecular flexibility index (Phi) is 5.99. The number of hydrazone groups is 1. The second-order valence-electron chi connectivity index (χ2n) is 5.89. The van der Waals surface area contributed by atoms with Crippen LogP contribution in [-0.2, 0) is 14.3 Å². The third-order valence-electron chi connectivity index (χ3n) is 4.06.